The van der Waals surface area contributed by atoms with Gasteiger partial charge in [0.05, 0.1) is 35.3 Å². The molecule has 14 heteroatoms. The number of rotatable bonds is 7. The van der Waals surface area contributed by atoms with Gasteiger partial charge in [-0.2, -0.15) is 4.98 Å². The van der Waals surface area contributed by atoms with Crippen molar-refractivity contribution in [3.05, 3.63) is 92.9 Å². The van der Waals surface area contributed by atoms with Crippen molar-refractivity contribution in [1.29, 1.82) is 0 Å². The van der Waals surface area contributed by atoms with Crippen molar-refractivity contribution in [3.63, 3.8) is 0 Å². The second-order valence-corrected chi connectivity index (χ2v) is 9.23. The molecular formula is C26H19Cl2FN6O5. The largest absolute Gasteiger partial charge is 0.496 e. The highest BCUT2D eigenvalue weighted by Gasteiger charge is 2.30. The SMILES string of the molecule is COc1cc(Cl)cc(Cl)c1C1=NC(NC(=O)c2cc(F)cnc2OCc2nc(C)no2)C(=O)Nc2ccccc21. The Balaban J connectivity index is 1.52. The second kappa shape index (κ2) is 11.3. The zero-order valence-electron chi connectivity index (χ0n) is 20.9. The van der Waals surface area contributed by atoms with Crippen LogP contribution in [0.4, 0.5) is 10.1 Å². The number of ether oxygens (including phenoxy) is 2. The smallest absolute Gasteiger partial charge is 0.269 e. The van der Waals surface area contributed by atoms with Gasteiger partial charge >= 0.3 is 0 Å². The van der Waals surface area contributed by atoms with Crippen LogP contribution >= 0.6 is 23.2 Å². The topological polar surface area (TPSA) is 141 Å². The predicted molar refractivity (Wildman–Crippen MR) is 143 cm³/mol. The quantitative estimate of drug-likeness (QED) is 0.326. The number of aliphatic imine (C=N–C) groups is 1. The Bertz CT molecular complexity index is 1660. The van der Waals surface area contributed by atoms with E-state index in [9.17, 15) is 14.0 Å². The van der Waals surface area contributed by atoms with E-state index < -0.39 is 23.8 Å². The molecule has 1 aliphatic heterocycles. The standard InChI is InChI=1S/C26H19Cl2FN6O5/c1-12-31-20(40-35-12)11-39-26-16(9-14(29)10-30-26)24(36)34-23-25(37)32-18-6-4-3-5-15(18)22(33-23)21-17(28)7-13(27)8-19(21)38-2/h3-10,23H,11H2,1-2H3,(H,32,37)(H,34,36). The van der Waals surface area contributed by atoms with Crippen LogP contribution in [0.25, 0.3) is 0 Å². The minimum Gasteiger partial charge on any atom is -0.496 e. The van der Waals surface area contributed by atoms with E-state index in [0.29, 0.717) is 33.4 Å². The van der Waals surface area contributed by atoms with Crippen molar-refractivity contribution in [2.75, 3.05) is 12.4 Å². The second-order valence-electron chi connectivity index (χ2n) is 8.38. The third kappa shape index (κ3) is 5.58. The van der Waals surface area contributed by atoms with Gasteiger partial charge in [0.15, 0.2) is 12.4 Å². The number of fused-ring (bicyclic) bond motifs is 1. The van der Waals surface area contributed by atoms with Crippen LogP contribution in [0.15, 0.2) is 58.2 Å². The lowest BCUT2D eigenvalue weighted by Gasteiger charge is -2.16. The van der Waals surface area contributed by atoms with E-state index in [1.807, 2.05) is 0 Å². The van der Waals surface area contributed by atoms with Gasteiger partial charge in [0.1, 0.15) is 17.1 Å². The molecule has 1 aliphatic rings. The summed E-state index contributed by atoms with van der Waals surface area (Å²) in [5, 5.41) is 9.45. The van der Waals surface area contributed by atoms with Crippen LogP contribution < -0.4 is 20.1 Å². The Labute approximate surface area is 236 Å². The molecule has 204 valence electrons. The summed E-state index contributed by atoms with van der Waals surface area (Å²) in [4.78, 5) is 39.0. The van der Waals surface area contributed by atoms with Crippen LogP contribution in [-0.2, 0) is 11.4 Å². The van der Waals surface area contributed by atoms with E-state index in [0.717, 1.165) is 12.3 Å². The molecule has 1 unspecified atom stereocenters. The van der Waals surface area contributed by atoms with Gasteiger partial charge in [-0.3, -0.25) is 9.59 Å². The number of hydrogen-bond donors (Lipinski definition) is 2. The van der Waals surface area contributed by atoms with Crippen molar-refractivity contribution in [1.82, 2.24) is 20.4 Å². The Morgan fingerprint density at radius 3 is 2.77 bits per heavy atom. The molecule has 2 aromatic carbocycles. The molecule has 2 aromatic heterocycles. The Kier molecular flexibility index (Phi) is 7.63. The monoisotopic (exact) mass is 584 g/mol. The molecule has 4 aromatic rings. The van der Waals surface area contributed by atoms with Crippen LogP contribution in [0.3, 0.4) is 0 Å². The van der Waals surface area contributed by atoms with E-state index in [-0.39, 0.29) is 34.7 Å². The maximum atomic E-state index is 14.1. The zero-order chi connectivity index (χ0) is 28.4. The van der Waals surface area contributed by atoms with E-state index in [1.165, 1.54) is 13.2 Å². The van der Waals surface area contributed by atoms with Gasteiger partial charge in [0.25, 0.3) is 17.7 Å². The molecule has 0 bridgehead atoms. The lowest BCUT2D eigenvalue weighted by Crippen LogP contribution is -2.42. The summed E-state index contributed by atoms with van der Waals surface area (Å²) in [5.41, 5.74) is 1.25. The first-order valence-electron chi connectivity index (χ1n) is 11.6. The number of anilines is 1. The number of benzodiazepines with no additional fused rings is 1. The number of nitrogens with zero attached hydrogens (tertiary/aromatic N) is 4. The molecule has 1 atom stereocenters. The third-order valence-electron chi connectivity index (χ3n) is 5.65. The van der Waals surface area contributed by atoms with E-state index in [2.05, 4.69) is 30.8 Å². The fourth-order valence-corrected chi connectivity index (χ4v) is 4.49. The number of aromatic nitrogens is 3. The first-order valence-corrected chi connectivity index (χ1v) is 12.4. The van der Waals surface area contributed by atoms with E-state index >= 15 is 0 Å². The average Bonchev–Trinajstić information content (AvgIpc) is 3.29. The predicted octanol–water partition coefficient (Wildman–Crippen LogP) is 4.35. The summed E-state index contributed by atoms with van der Waals surface area (Å²) in [6.45, 7) is 1.40. The molecule has 0 spiro atoms. The number of halogens is 3. The molecule has 2 amide bonds. The maximum Gasteiger partial charge on any atom is 0.269 e. The molecule has 0 saturated heterocycles. The zero-order valence-corrected chi connectivity index (χ0v) is 22.4. The summed E-state index contributed by atoms with van der Waals surface area (Å²) < 4.78 is 30.2. The molecular weight excluding hydrogens is 566 g/mol. The lowest BCUT2D eigenvalue weighted by atomic mass is 9.99. The Hall–Kier alpha value is -4.55. The van der Waals surface area contributed by atoms with Crippen LogP contribution in [-0.4, -0.2) is 45.9 Å². The fourth-order valence-electron chi connectivity index (χ4n) is 3.93. The van der Waals surface area contributed by atoms with Gasteiger partial charge < -0.3 is 24.6 Å². The van der Waals surface area contributed by atoms with Gasteiger partial charge in [0.2, 0.25) is 12.0 Å². The number of carbonyl (C=O) groups is 2. The van der Waals surface area contributed by atoms with Crippen molar-refractivity contribution in [2.45, 2.75) is 19.7 Å². The van der Waals surface area contributed by atoms with Gasteiger partial charge in [-0.15, -0.1) is 0 Å². The normalized spacial score (nSPS) is 14.5. The molecule has 0 radical (unpaired) electrons. The number of aryl methyl sites for hydroxylation is 1. The van der Waals surface area contributed by atoms with Gasteiger partial charge in [-0.1, -0.05) is 46.6 Å². The molecule has 0 fully saturated rings. The van der Waals surface area contributed by atoms with Crippen LogP contribution in [0, 0.1) is 12.7 Å². The molecule has 2 N–H and O–H groups in total. The van der Waals surface area contributed by atoms with E-state index in [1.54, 1.807) is 37.3 Å². The summed E-state index contributed by atoms with van der Waals surface area (Å²) in [6.07, 6.45) is -0.591. The number of amides is 2. The third-order valence-corrected chi connectivity index (χ3v) is 6.17. The average molecular weight is 585 g/mol. The number of carbonyl (C=O) groups excluding carboxylic acids is 2. The Morgan fingerprint density at radius 1 is 1.23 bits per heavy atom. The fraction of sp³-hybridized carbons (Fsp3) is 0.154. The molecule has 11 nitrogen and oxygen atoms in total. The minimum absolute atomic E-state index is 0.124. The first-order chi connectivity index (χ1) is 19.2. The van der Waals surface area contributed by atoms with Gasteiger partial charge in [-0.25, -0.2) is 14.4 Å². The summed E-state index contributed by atoms with van der Waals surface area (Å²) in [5.74, 6) is -1.76. The first kappa shape index (κ1) is 27.0. The lowest BCUT2D eigenvalue weighted by molar-refractivity contribution is -0.117. The number of para-hydroxylation sites is 1. The number of nitrogens with one attached hydrogen (secondary N) is 2. The molecule has 3 heterocycles. The molecule has 40 heavy (non-hydrogen) atoms. The highest BCUT2D eigenvalue weighted by molar-refractivity contribution is 6.39. The number of pyridine rings is 1. The van der Waals surface area contributed by atoms with Gasteiger partial charge in [0, 0.05) is 10.6 Å². The van der Waals surface area contributed by atoms with Crippen molar-refractivity contribution in [2.24, 2.45) is 4.99 Å². The van der Waals surface area contributed by atoms with Crippen molar-refractivity contribution < 1.29 is 28.0 Å². The number of benzene rings is 2. The summed E-state index contributed by atoms with van der Waals surface area (Å²) in [7, 11) is 1.44. The van der Waals surface area contributed by atoms with E-state index in [4.69, 9.17) is 37.2 Å². The van der Waals surface area contributed by atoms with Crippen LogP contribution in [0.1, 0.15) is 33.2 Å². The van der Waals surface area contributed by atoms with Crippen molar-refractivity contribution in [3.8, 4) is 11.6 Å². The Morgan fingerprint density at radius 2 is 2.02 bits per heavy atom. The highest BCUT2D eigenvalue weighted by atomic mass is 35.5. The summed E-state index contributed by atoms with van der Waals surface area (Å²) in [6, 6.07) is 10.9. The van der Waals surface area contributed by atoms with Crippen LogP contribution in [0.2, 0.25) is 10.0 Å². The minimum atomic E-state index is -1.47. The maximum absolute atomic E-state index is 14.1. The molecule has 0 saturated carbocycles. The molecule has 5 rings (SSSR count). The van der Waals surface area contributed by atoms with Crippen molar-refractivity contribution >= 4 is 46.4 Å². The summed E-state index contributed by atoms with van der Waals surface area (Å²) >= 11 is 12.7. The van der Waals surface area contributed by atoms with Gasteiger partial charge in [-0.05, 0) is 31.2 Å². The molecule has 0 aliphatic carbocycles. The number of hydrogen-bond acceptors (Lipinski definition) is 9. The van der Waals surface area contributed by atoms with Crippen LogP contribution in [0.5, 0.6) is 11.6 Å². The number of methoxy groups -OCH3 is 1. The highest BCUT2D eigenvalue weighted by Crippen LogP contribution is 2.35.